The molecule has 0 saturated heterocycles. The molecule has 1 aliphatic rings. The number of aromatic nitrogens is 2. The van der Waals surface area contributed by atoms with Crippen molar-refractivity contribution < 1.29 is 9.47 Å². The van der Waals surface area contributed by atoms with E-state index in [1.807, 2.05) is 19.9 Å². The lowest BCUT2D eigenvalue weighted by atomic mass is 10.2. The molecule has 5 heteroatoms. The highest BCUT2D eigenvalue weighted by Crippen LogP contribution is 2.25. The van der Waals surface area contributed by atoms with E-state index in [1.165, 1.54) is 0 Å². The summed E-state index contributed by atoms with van der Waals surface area (Å²) in [6.07, 6.45) is 3.63. The van der Waals surface area contributed by atoms with E-state index in [0.29, 0.717) is 24.6 Å². The molecule has 1 aromatic rings. The molecule has 0 bridgehead atoms. The molecule has 5 nitrogen and oxygen atoms in total. The van der Waals surface area contributed by atoms with Gasteiger partial charge in [0.25, 0.3) is 0 Å². The highest BCUT2D eigenvalue weighted by molar-refractivity contribution is 5.39. The Labute approximate surface area is 108 Å². The van der Waals surface area contributed by atoms with Crippen LogP contribution < -0.4 is 10.1 Å². The minimum Gasteiger partial charge on any atom is -0.478 e. The molecule has 1 aromatic heterocycles. The van der Waals surface area contributed by atoms with Crippen LogP contribution in [0.2, 0.25) is 0 Å². The summed E-state index contributed by atoms with van der Waals surface area (Å²) in [7, 11) is 1.77. The van der Waals surface area contributed by atoms with Gasteiger partial charge in [0.05, 0.1) is 12.7 Å². The standard InChI is InChI=1S/C13H21N3O2/c1-4-18-13-8-12(14-9(2)15-13)16-10-5-6-11(7-10)17-3/h8,10-11H,4-7H2,1-3H3,(H,14,15,16). The van der Waals surface area contributed by atoms with Gasteiger partial charge in [-0.15, -0.1) is 0 Å². The van der Waals surface area contributed by atoms with Gasteiger partial charge in [-0.05, 0) is 33.1 Å². The number of methoxy groups -OCH3 is 1. The van der Waals surface area contributed by atoms with Crippen molar-refractivity contribution in [2.24, 2.45) is 0 Å². The van der Waals surface area contributed by atoms with Gasteiger partial charge in [0.1, 0.15) is 11.6 Å². The largest absolute Gasteiger partial charge is 0.478 e. The normalized spacial score (nSPS) is 23.1. The van der Waals surface area contributed by atoms with Crippen molar-refractivity contribution in [3.05, 3.63) is 11.9 Å². The van der Waals surface area contributed by atoms with E-state index < -0.39 is 0 Å². The fourth-order valence-corrected chi connectivity index (χ4v) is 2.33. The number of hydrogen-bond donors (Lipinski definition) is 1. The average Bonchev–Trinajstić information content (AvgIpc) is 2.76. The predicted molar refractivity (Wildman–Crippen MR) is 70.0 cm³/mol. The lowest BCUT2D eigenvalue weighted by Gasteiger charge is -2.14. The molecule has 0 aliphatic heterocycles. The van der Waals surface area contributed by atoms with Crippen molar-refractivity contribution in [2.45, 2.75) is 45.3 Å². The molecule has 0 spiro atoms. The topological polar surface area (TPSA) is 56.3 Å². The van der Waals surface area contributed by atoms with E-state index in [2.05, 4.69) is 15.3 Å². The summed E-state index contributed by atoms with van der Waals surface area (Å²) in [4.78, 5) is 8.62. The fourth-order valence-electron chi connectivity index (χ4n) is 2.33. The molecular formula is C13H21N3O2. The lowest BCUT2D eigenvalue weighted by molar-refractivity contribution is 0.108. The van der Waals surface area contributed by atoms with E-state index in [1.54, 1.807) is 7.11 Å². The Balaban J connectivity index is 2.00. The highest BCUT2D eigenvalue weighted by atomic mass is 16.5. The summed E-state index contributed by atoms with van der Waals surface area (Å²) in [5, 5.41) is 3.43. The van der Waals surface area contributed by atoms with Crippen molar-refractivity contribution in [3.63, 3.8) is 0 Å². The van der Waals surface area contributed by atoms with Gasteiger partial charge < -0.3 is 14.8 Å². The van der Waals surface area contributed by atoms with Crippen LogP contribution >= 0.6 is 0 Å². The second-order valence-corrected chi connectivity index (χ2v) is 4.58. The van der Waals surface area contributed by atoms with Gasteiger partial charge >= 0.3 is 0 Å². The van der Waals surface area contributed by atoms with Crippen molar-refractivity contribution in [3.8, 4) is 5.88 Å². The quantitative estimate of drug-likeness (QED) is 0.869. The minimum atomic E-state index is 0.372. The Morgan fingerprint density at radius 1 is 1.39 bits per heavy atom. The molecule has 2 atom stereocenters. The SMILES string of the molecule is CCOc1cc(NC2CCC(OC)C2)nc(C)n1. The van der Waals surface area contributed by atoms with Gasteiger partial charge in [0, 0.05) is 19.2 Å². The molecule has 2 unspecified atom stereocenters. The summed E-state index contributed by atoms with van der Waals surface area (Å²) in [5.74, 6) is 2.20. The van der Waals surface area contributed by atoms with Gasteiger partial charge in [-0.3, -0.25) is 0 Å². The van der Waals surface area contributed by atoms with E-state index >= 15 is 0 Å². The maximum absolute atomic E-state index is 5.42. The summed E-state index contributed by atoms with van der Waals surface area (Å²) >= 11 is 0. The summed E-state index contributed by atoms with van der Waals surface area (Å²) < 4.78 is 10.8. The number of nitrogens with zero attached hydrogens (tertiary/aromatic N) is 2. The Hall–Kier alpha value is -1.36. The second-order valence-electron chi connectivity index (χ2n) is 4.58. The van der Waals surface area contributed by atoms with Crippen molar-refractivity contribution in [1.82, 2.24) is 9.97 Å². The molecule has 2 rings (SSSR count). The monoisotopic (exact) mass is 251 g/mol. The highest BCUT2D eigenvalue weighted by Gasteiger charge is 2.24. The fraction of sp³-hybridized carbons (Fsp3) is 0.692. The van der Waals surface area contributed by atoms with E-state index in [9.17, 15) is 0 Å². The molecule has 0 radical (unpaired) electrons. The van der Waals surface area contributed by atoms with Gasteiger partial charge in [0.15, 0.2) is 0 Å². The smallest absolute Gasteiger partial charge is 0.218 e. The molecule has 100 valence electrons. The molecule has 1 heterocycles. The summed E-state index contributed by atoms with van der Waals surface area (Å²) in [6, 6.07) is 2.29. The maximum atomic E-state index is 5.42. The van der Waals surface area contributed by atoms with Crippen LogP contribution in [0.15, 0.2) is 6.07 Å². The maximum Gasteiger partial charge on any atom is 0.218 e. The zero-order valence-corrected chi connectivity index (χ0v) is 11.3. The van der Waals surface area contributed by atoms with Crippen LogP contribution in [0, 0.1) is 6.92 Å². The summed E-state index contributed by atoms with van der Waals surface area (Å²) in [5.41, 5.74) is 0. The van der Waals surface area contributed by atoms with Gasteiger partial charge in [-0.2, -0.15) is 4.98 Å². The zero-order valence-electron chi connectivity index (χ0n) is 11.3. The molecule has 1 aliphatic carbocycles. The van der Waals surface area contributed by atoms with Crippen LogP contribution in [0.25, 0.3) is 0 Å². The summed E-state index contributed by atoms with van der Waals surface area (Å²) in [6.45, 7) is 4.44. The molecule has 1 saturated carbocycles. The number of aryl methyl sites for hydroxylation is 1. The third-order valence-electron chi connectivity index (χ3n) is 3.18. The third-order valence-corrected chi connectivity index (χ3v) is 3.18. The Morgan fingerprint density at radius 3 is 2.89 bits per heavy atom. The van der Waals surface area contributed by atoms with Crippen LogP contribution in [-0.2, 0) is 4.74 Å². The molecule has 0 amide bonds. The third kappa shape index (κ3) is 3.32. The predicted octanol–water partition coefficient (Wildman–Crippen LogP) is 2.16. The number of rotatable bonds is 5. The van der Waals surface area contributed by atoms with Crippen LogP contribution in [0.4, 0.5) is 5.82 Å². The van der Waals surface area contributed by atoms with Crippen LogP contribution in [0.1, 0.15) is 32.0 Å². The van der Waals surface area contributed by atoms with Crippen molar-refractivity contribution >= 4 is 5.82 Å². The van der Waals surface area contributed by atoms with E-state index in [-0.39, 0.29) is 0 Å². The first-order valence-corrected chi connectivity index (χ1v) is 6.49. The number of nitrogens with one attached hydrogen (secondary N) is 1. The van der Waals surface area contributed by atoms with Crippen molar-refractivity contribution in [2.75, 3.05) is 19.0 Å². The van der Waals surface area contributed by atoms with Gasteiger partial charge in [0.2, 0.25) is 5.88 Å². The Morgan fingerprint density at radius 2 is 2.22 bits per heavy atom. The molecule has 0 aromatic carbocycles. The first kappa shape index (κ1) is 13.1. The average molecular weight is 251 g/mol. The molecule has 1 fully saturated rings. The van der Waals surface area contributed by atoms with Gasteiger partial charge in [-0.25, -0.2) is 4.98 Å². The molecular weight excluding hydrogens is 230 g/mol. The zero-order chi connectivity index (χ0) is 13.0. The van der Waals surface area contributed by atoms with Crippen LogP contribution in [0.5, 0.6) is 5.88 Å². The number of anilines is 1. The van der Waals surface area contributed by atoms with Crippen LogP contribution in [-0.4, -0.2) is 35.8 Å². The first-order chi connectivity index (χ1) is 8.71. The minimum absolute atomic E-state index is 0.372. The molecule has 18 heavy (non-hydrogen) atoms. The van der Waals surface area contributed by atoms with E-state index in [4.69, 9.17) is 9.47 Å². The molecule has 1 N–H and O–H groups in total. The Kier molecular flexibility index (Phi) is 4.36. The number of hydrogen-bond acceptors (Lipinski definition) is 5. The Bertz CT molecular complexity index is 398. The first-order valence-electron chi connectivity index (χ1n) is 6.49. The number of ether oxygens (including phenoxy) is 2. The van der Waals surface area contributed by atoms with Crippen LogP contribution in [0.3, 0.4) is 0 Å². The van der Waals surface area contributed by atoms with Gasteiger partial charge in [-0.1, -0.05) is 0 Å². The van der Waals surface area contributed by atoms with Crippen molar-refractivity contribution in [1.29, 1.82) is 0 Å². The second kappa shape index (κ2) is 6.00. The van der Waals surface area contributed by atoms with E-state index in [0.717, 1.165) is 30.9 Å². The lowest BCUT2D eigenvalue weighted by Crippen LogP contribution is -2.18.